The molecule has 8 heteroatoms. The first-order chi connectivity index (χ1) is 13.6. The molecule has 2 amide bonds. The molecule has 3 aromatic rings. The quantitative estimate of drug-likeness (QED) is 0.529. The van der Waals surface area contributed by atoms with Crippen molar-refractivity contribution < 1.29 is 23.8 Å². The van der Waals surface area contributed by atoms with Gasteiger partial charge >= 0.3 is 11.8 Å². The summed E-state index contributed by atoms with van der Waals surface area (Å²) in [6, 6.07) is 14.2. The summed E-state index contributed by atoms with van der Waals surface area (Å²) >= 11 is 1.34. The zero-order valence-corrected chi connectivity index (χ0v) is 16.0. The van der Waals surface area contributed by atoms with Gasteiger partial charge in [0.05, 0.1) is 19.9 Å². The highest BCUT2D eigenvalue weighted by Gasteiger charge is 2.17. The number of aliphatic hydroxyl groups excluding tert-OH is 1. The van der Waals surface area contributed by atoms with Crippen LogP contribution in [0.5, 0.6) is 5.75 Å². The lowest BCUT2D eigenvalue weighted by atomic mass is 10.2. The Morgan fingerprint density at radius 2 is 1.79 bits per heavy atom. The standard InChI is InChI=1S/C20H20N2O5S/c1-26-14-6-4-13(5-7-14)11-21-19(24)20(25)22-12-15-8-9-17(28-15)18(23)16-3-2-10-27-16/h2-10,18,23H,11-12H2,1H3,(H,21,24)(H,22,25). The number of carbonyl (C=O) groups is 2. The zero-order chi connectivity index (χ0) is 19.9. The molecule has 1 unspecified atom stereocenters. The van der Waals surface area contributed by atoms with Crippen LogP contribution in [0.1, 0.15) is 27.2 Å². The Morgan fingerprint density at radius 3 is 2.43 bits per heavy atom. The minimum Gasteiger partial charge on any atom is -0.497 e. The number of hydrogen-bond donors (Lipinski definition) is 3. The summed E-state index contributed by atoms with van der Waals surface area (Å²) in [5.41, 5.74) is 0.858. The van der Waals surface area contributed by atoms with E-state index in [2.05, 4.69) is 10.6 Å². The van der Waals surface area contributed by atoms with Gasteiger partial charge in [0.25, 0.3) is 0 Å². The highest BCUT2D eigenvalue weighted by molar-refractivity contribution is 7.12. The summed E-state index contributed by atoms with van der Waals surface area (Å²) < 4.78 is 10.3. The topological polar surface area (TPSA) is 101 Å². The van der Waals surface area contributed by atoms with Crippen molar-refractivity contribution in [3.8, 4) is 5.75 Å². The van der Waals surface area contributed by atoms with Gasteiger partial charge in [-0.2, -0.15) is 0 Å². The summed E-state index contributed by atoms with van der Waals surface area (Å²) in [6.45, 7) is 0.444. The predicted molar refractivity (Wildman–Crippen MR) is 104 cm³/mol. The van der Waals surface area contributed by atoms with E-state index in [4.69, 9.17) is 9.15 Å². The Labute approximate surface area is 166 Å². The molecule has 0 radical (unpaired) electrons. The highest BCUT2D eigenvalue weighted by atomic mass is 32.1. The Kier molecular flexibility index (Phi) is 6.46. The third-order valence-electron chi connectivity index (χ3n) is 4.01. The number of rotatable bonds is 7. The fourth-order valence-corrected chi connectivity index (χ4v) is 3.42. The van der Waals surface area contributed by atoms with Crippen molar-refractivity contribution in [3.05, 3.63) is 75.9 Å². The summed E-state index contributed by atoms with van der Waals surface area (Å²) in [4.78, 5) is 25.4. The van der Waals surface area contributed by atoms with Crippen LogP contribution in [-0.4, -0.2) is 24.0 Å². The fraction of sp³-hybridized carbons (Fsp3) is 0.200. The van der Waals surface area contributed by atoms with Gasteiger partial charge in [0.15, 0.2) is 0 Å². The average Bonchev–Trinajstić information content (AvgIpc) is 3.42. The normalized spacial score (nSPS) is 11.6. The number of ether oxygens (including phenoxy) is 1. The molecule has 0 saturated carbocycles. The predicted octanol–water partition coefficient (Wildman–Crippen LogP) is 2.36. The maximum absolute atomic E-state index is 12.0. The molecule has 146 valence electrons. The number of hydrogen-bond acceptors (Lipinski definition) is 6. The molecule has 0 aliphatic rings. The monoisotopic (exact) mass is 400 g/mol. The van der Waals surface area contributed by atoms with Gasteiger partial charge in [0.2, 0.25) is 0 Å². The number of furan rings is 1. The minimum absolute atomic E-state index is 0.199. The smallest absolute Gasteiger partial charge is 0.309 e. The zero-order valence-electron chi connectivity index (χ0n) is 15.2. The van der Waals surface area contributed by atoms with Crippen LogP contribution in [0.15, 0.2) is 59.2 Å². The van der Waals surface area contributed by atoms with Gasteiger partial charge in [-0.25, -0.2) is 0 Å². The van der Waals surface area contributed by atoms with Crippen LogP contribution in [0.25, 0.3) is 0 Å². The van der Waals surface area contributed by atoms with Crippen LogP contribution in [0.4, 0.5) is 0 Å². The maximum Gasteiger partial charge on any atom is 0.309 e. The lowest BCUT2D eigenvalue weighted by Crippen LogP contribution is -2.39. The van der Waals surface area contributed by atoms with Crippen LogP contribution in [-0.2, 0) is 22.7 Å². The van der Waals surface area contributed by atoms with Crippen LogP contribution >= 0.6 is 11.3 Å². The molecule has 0 fully saturated rings. The van der Waals surface area contributed by atoms with E-state index in [0.29, 0.717) is 10.6 Å². The molecule has 0 aliphatic carbocycles. The molecular weight excluding hydrogens is 380 g/mol. The minimum atomic E-state index is -0.850. The van der Waals surface area contributed by atoms with E-state index in [9.17, 15) is 14.7 Å². The molecule has 2 heterocycles. The molecule has 1 aromatic carbocycles. The van der Waals surface area contributed by atoms with Crippen LogP contribution in [0, 0.1) is 0 Å². The van der Waals surface area contributed by atoms with Crippen LogP contribution in [0.3, 0.4) is 0 Å². The second-order valence-corrected chi connectivity index (χ2v) is 7.14. The van der Waals surface area contributed by atoms with Crippen molar-refractivity contribution in [3.63, 3.8) is 0 Å². The average molecular weight is 400 g/mol. The third-order valence-corrected chi connectivity index (χ3v) is 5.14. The van der Waals surface area contributed by atoms with E-state index in [1.165, 1.54) is 17.6 Å². The van der Waals surface area contributed by atoms with Gasteiger partial charge in [0.1, 0.15) is 17.6 Å². The highest BCUT2D eigenvalue weighted by Crippen LogP contribution is 2.28. The second-order valence-electron chi connectivity index (χ2n) is 5.94. The Bertz CT molecular complexity index is 918. The molecule has 0 spiro atoms. The van der Waals surface area contributed by atoms with Crippen molar-refractivity contribution in [2.24, 2.45) is 0 Å². The molecule has 0 saturated heterocycles. The summed E-state index contributed by atoms with van der Waals surface area (Å²) in [6.07, 6.45) is 0.648. The SMILES string of the molecule is COc1ccc(CNC(=O)C(=O)NCc2ccc(C(O)c3ccco3)s2)cc1. The van der Waals surface area contributed by atoms with Crippen molar-refractivity contribution >= 4 is 23.2 Å². The van der Waals surface area contributed by atoms with Gasteiger partial charge in [0, 0.05) is 16.3 Å². The van der Waals surface area contributed by atoms with Gasteiger partial charge in [-0.05, 0) is 42.0 Å². The molecule has 3 rings (SSSR count). The lowest BCUT2D eigenvalue weighted by molar-refractivity contribution is -0.139. The lowest BCUT2D eigenvalue weighted by Gasteiger charge is -2.07. The van der Waals surface area contributed by atoms with E-state index in [1.54, 1.807) is 43.5 Å². The number of amides is 2. The Morgan fingerprint density at radius 1 is 1.07 bits per heavy atom. The van der Waals surface area contributed by atoms with Gasteiger partial charge in [-0.3, -0.25) is 9.59 Å². The second kappa shape index (κ2) is 9.20. The number of benzene rings is 1. The molecular formula is C20H20N2O5S. The first-order valence-electron chi connectivity index (χ1n) is 8.56. The molecule has 7 nitrogen and oxygen atoms in total. The van der Waals surface area contributed by atoms with Gasteiger partial charge < -0.3 is 24.9 Å². The van der Waals surface area contributed by atoms with Crippen molar-refractivity contribution in [1.29, 1.82) is 0 Å². The number of thiophene rings is 1. The van der Waals surface area contributed by atoms with E-state index >= 15 is 0 Å². The summed E-state index contributed by atoms with van der Waals surface area (Å²) in [5, 5.41) is 15.4. The number of methoxy groups -OCH3 is 1. The van der Waals surface area contributed by atoms with Crippen molar-refractivity contribution in [2.45, 2.75) is 19.2 Å². The van der Waals surface area contributed by atoms with E-state index in [1.807, 2.05) is 12.1 Å². The fourth-order valence-electron chi connectivity index (χ4n) is 2.48. The molecule has 3 N–H and O–H groups in total. The molecule has 28 heavy (non-hydrogen) atoms. The Balaban J connectivity index is 1.46. The maximum atomic E-state index is 12.0. The van der Waals surface area contributed by atoms with E-state index < -0.39 is 17.9 Å². The first-order valence-corrected chi connectivity index (χ1v) is 9.37. The molecule has 0 aliphatic heterocycles. The number of nitrogens with one attached hydrogen (secondary N) is 2. The largest absolute Gasteiger partial charge is 0.497 e. The Hall–Kier alpha value is -3.10. The van der Waals surface area contributed by atoms with Crippen LogP contribution < -0.4 is 15.4 Å². The van der Waals surface area contributed by atoms with Crippen LogP contribution in [0.2, 0.25) is 0 Å². The summed E-state index contributed by atoms with van der Waals surface area (Å²) in [5.74, 6) is -0.242. The summed E-state index contributed by atoms with van der Waals surface area (Å²) in [7, 11) is 1.58. The first kappa shape index (κ1) is 19.7. The van der Waals surface area contributed by atoms with Crippen molar-refractivity contribution in [2.75, 3.05) is 7.11 Å². The third kappa shape index (κ3) is 4.99. The van der Waals surface area contributed by atoms with E-state index in [0.717, 1.165) is 16.2 Å². The molecule has 2 aromatic heterocycles. The van der Waals surface area contributed by atoms with Gasteiger partial charge in [-0.15, -0.1) is 11.3 Å². The van der Waals surface area contributed by atoms with E-state index in [-0.39, 0.29) is 13.1 Å². The van der Waals surface area contributed by atoms with Crippen molar-refractivity contribution in [1.82, 2.24) is 10.6 Å². The molecule has 1 atom stereocenters. The number of carbonyl (C=O) groups excluding carboxylic acids is 2. The van der Waals surface area contributed by atoms with Gasteiger partial charge in [-0.1, -0.05) is 12.1 Å². The number of aliphatic hydroxyl groups is 1. The molecule has 0 bridgehead atoms.